The van der Waals surface area contributed by atoms with Crippen LogP contribution < -0.4 is 5.32 Å². The Morgan fingerprint density at radius 2 is 2.20 bits per heavy atom. The molecule has 1 aromatic heterocycles. The van der Waals surface area contributed by atoms with Crippen molar-refractivity contribution in [3.63, 3.8) is 0 Å². The molecule has 0 spiro atoms. The maximum Gasteiger partial charge on any atom is 0.0771 e. The van der Waals surface area contributed by atoms with E-state index >= 15 is 0 Å². The highest BCUT2D eigenvalue weighted by Gasteiger charge is 2.33. The monoisotopic (exact) mass is 209 g/mol. The van der Waals surface area contributed by atoms with Crippen LogP contribution in [0.1, 0.15) is 36.2 Å². The van der Waals surface area contributed by atoms with Gasteiger partial charge in [0.2, 0.25) is 0 Å². The lowest BCUT2D eigenvalue weighted by Gasteiger charge is -2.36. The smallest absolute Gasteiger partial charge is 0.0771 e. The molecule has 0 aliphatic heterocycles. The Bertz CT molecular complexity index is 322. The molecule has 2 rings (SSSR count). The Kier molecular flexibility index (Phi) is 2.80. The summed E-state index contributed by atoms with van der Waals surface area (Å²) in [6.07, 6.45) is 3.02. The van der Waals surface area contributed by atoms with Crippen LogP contribution in [0.25, 0.3) is 0 Å². The number of nitrogens with zero attached hydrogens (tertiary/aromatic N) is 1. The molecule has 1 aliphatic carbocycles. The van der Waals surface area contributed by atoms with E-state index in [0.29, 0.717) is 6.54 Å². The van der Waals surface area contributed by atoms with Crippen LogP contribution in [0, 0.1) is 13.8 Å². The van der Waals surface area contributed by atoms with Crippen LogP contribution >= 0.6 is 0 Å². The zero-order valence-corrected chi connectivity index (χ0v) is 9.43. The van der Waals surface area contributed by atoms with Crippen molar-refractivity contribution in [2.45, 2.75) is 45.3 Å². The van der Waals surface area contributed by atoms with Crippen molar-refractivity contribution in [2.24, 2.45) is 0 Å². The molecule has 1 fully saturated rings. The molecule has 1 aliphatic rings. The van der Waals surface area contributed by atoms with E-state index in [-0.39, 0.29) is 0 Å². The number of aliphatic hydroxyl groups is 1. The standard InChI is InChI=1S/C11H19N3O/c1-8-10(9(2)14-13-8)6-12-7-11(15)4-3-5-11/h12,15H,3-7H2,1-2H3,(H,13,14). The SMILES string of the molecule is Cc1n[nH]c(C)c1CNCC1(O)CCC1. The molecule has 0 unspecified atom stereocenters. The summed E-state index contributed by atoms with van der Waals surface area (Å²) < 4.78 is 0. The molecule has 1 saturated carbocycles. The van der Waals surface area contributed by atoms with Crippen LogP contribution in [0.2, 0.25) is 0 Å². The Balaban J connectivity index is 1.83. The zero-order valence-electron chi connectivity index (χ0n) is 9.43. The molecule has 1 aromatic rings. The predicted molar refractivity (Wildman–Crippen MR) is 58.6 cm³/mol. The summed E-state index contributed by atoms with van der Waals surface area (Å²) in [5.41, 5.74) is 2.94. The van der Waals surface area contributed by atoms with Gasteiger partial charge in [-0.15, -0.1) is 0 Å². The molecule has 0 radical (unpaired) electrons. The highest BCUT2D eigenvalue weighted by atomic mass is 16.3. The summed E-state index contributed by atoms with van der Waals surface area (Å²) in [7, 11) is 0. The van der Waals surface area contributed by atoms with Gasteiger partial charge in [0.25, 0.3) is 0 Å². The van der Waals surface area contributed by atoms with E-state index in [1.165, 1.54) is 5.56 Å². The molecule has 0 amide bonds. The highest BCUT2D eigenvalue weighted by Crippen LogP contribution is 2.30. The maximum atomic E-state index is 9.89. The van der Waals surface area contributed by atoms with Crippen molar-refractivity contribution in [1.82, 2.24) is 15.5 Å². The number of rotatable bonds is 4. The fourth-order valence-electron chi connectivity index (χ4n) is 2.02. The minimum absolute atomic E-state index is 0.439. The van der Waals surface area contributed by atoms with E-state index in [2.05, 4.69) is 15.5 Å². The van der Waals surface area contributed by atoms with Gasteiger partial charge in [0.15, 0.2) is 0 Å². The third-order valence-corrected chi connectivity index (χ3v) is 3.32. The van der Waals surface area contributed by atoms with Gasteiger partial charge in [0, 0.05) is 24.3 Å². The van der Waals surface area contributed by atoms with E-state index in [4.69, 9.17) is 0 Å². The third kappa shape index (κ3) is 2.21. The normalized spacial score (nSPS) is 18.9. The number of H-pyrrole nitrogens is 1. The molecule has 4 heteroatoms. The topological polar surface area (TPSA) is 60.9 Å². The second-order valence-electron chi connectivity index (χ2n) is 4.59. The first-order valence-corrected chi connectivity index (χ1v) is 5.54. The van der Waals surface area contributed by atoms with Gasteiger partial charge in [-0.3, -0.25) is 5.10 Å². The van der Waals surface area contributed by atoms with Crippen LogP contribution in [0.15, 0.2) is 0 Å². The summed E-state index contributed by atoms with van der Waals surface area (Å²) in [6.45, 7) is 5.50. The van der Waals surface area contributed by atoms with Gasteiger partial charge >= 0.3 is 0 Å². The fraction of sp³-hybridized carbons (Fsp3) is 0.727. The minimum atomic E-state index is -0.439. The first kappa shape index (κ1) is 10.6. The average Bonchev–Trinajstić information content (AvgIpc) is 2.46. The number of hydrogen-bond acceptors (Lipinski definition) is 3. The van der Waals surface area contributed by atoms with Crippen LogP contribution in [0.5, 0.6) is 0 Å². The molecular formula is C11H19N3O. The van der Waals surface area contributed by atoms with E-state index in [9.17, 15) is 5.11 Å². The van der Waals surface area contributed by atoms with Crippen LogP contribution in [-0.2, 0) is 6.54 Å². The lowest BCUT2D eigenvalue weighted by molar-refractivity contribution is -0.0315. The number of aryl methyl sites for hydroxylation is 2. The van der Waals surface area contributed by atoms with Crippen molar-refractivity contribution in [3.05, 3.63) is 17.0 Å². The maximum absolute atomic E-state index is 9.89. The van der Waals surface area contributed by atoms with Crippen molar-refractivity contribution in [3.8, 4) is 0 Å². The first-order valence-electron chi connectivity index (χ1n) is 5.54. The Labute approximate surface area is 90.1 Å². The number of nitrogens with one attached hydrogen (secondary N) is 2. The molecule has 15 heavy (non-hydrogen) atoms. The van der Waals surface area contributed by atoms with Gasteiger partial charge in [0.05, 0.1) is 11.3 Å². The fourth-order valence-corrected chi connectivity index (χ4v) is 2.02. The summed E-state index contributed by atoms with van der Waals surface area (Å²) >= 11 is 0. The molecule has 0 saturated heterocycles. The van der Waals surface area contributed by atoms with Gasteiger partial charge in [-0.2, -0.15) is 5.10 Å². The summed E-state index contributed by atoms with van der Waals surface area (Å²) in [4.78, 5) is 0. The molecule has 3 N–H and O–H groups in total. The van der Waals surface area contributed by atoms with E-state index in [1.54, 1.807) is 0 Å². The molecule has 1 heterocycles. The van der Waals surface area contributed by atoms with Gasteiger partial charge < -0.3 is 10.4 Å². The summed E-state index contributed by atoms with van der Waals surface area (Å²) in [6, 6.07) is 0. The first-order chi connectivity index (χ1) is 7.11. The van der Waals surface area contributed by atoms with Crippen molar-refractivity contribution in [1.29, 1.82) is 0 Å². The van der Waals surface area contributed by atoms with Gasteiger partial charge in [-0.05, 0) is 33.1 Å². The zero-order chi connectivity index (χ0) is 10.9. The van der Waals surface area contributed by atoms with Crippen LogP contribution in [-0.4, -0.2) is 27.4 Å². The number of aromatic nitrogens is 2. The molecule has 0 aromatic carbocycles. The Hall–Kier alpha value is -0.870. The van der Waals surface area contributed by atoms with Gasteiger partial charge in [-0.25, -0.2) is 0 Å². The van der Waals surface area contributed by atoms with Crippen LogP contribution in [0.3, 0.4) is 0 Å². The Morgan fingerprint density at radius 1 is 1.47 bits per heavy atom. The highest BCUT2D eigenvalue weighted by molar-refractivity contribution is 5.22. The van der Waals surface area contributed by atoms with Crippen molar-refractivity contribution < 1.29 is 5.11 Å². The van der Waals surface area contributed by atoms with Crippen LogP contribution in [0.4, 0.5) is 0 Å². The Morgan fingerprint density at radius 3 is 2.67 bits per heavy atom. The van der Waals surface area contributed by atoms with Gasteiger partial charge in [-0.1, -0.05) is 0 Å². The van der Waals surface area contributed by atoms with E-state index in [1.807, 2.05) is 13.8 Å². The summed E-state index contributed by atoms with van der Waals surface area (Å²) in [5.74, 6) is 0. The number of hydrogen-bond donors (Lipinski definition) is 3. The quantitative estimate of drug-likeness (QED) is 0.694. The van der Waals surface area contributed by atoms with Gasteiger partial charge in [0.1, 0.15) is 0 Å². The molecule has 4 nitrogen and oxygen atoms in total. The van der Waals surface area contributed by atoms with E-state index in [0.717, 1.165) is 37.2 Å². The van der Waals surface area contributed by atoms with Crippen molar-refractivity contribution >= 4 is 0 Å². The molecular weight excluding hydrogens is 190 g/mol. The third-order valence-electron chi connectivity index (χ3n) is 3.32. The van der Waals surface area contributed by atoms with Crippen molar-refractivity contribution in [2.75, 3.05) is 6.54 Å². The summed E-state index contributed by atoms with van der Waals surface area (Å²) in [5, 5.41) is 20.3. The predicted octanol–water partition coefficient (Wildman–Crippen LogP) is 1.03. The number of aromatic amines is 1. The minimum Gasteiger partial charge on any atom is -0.389 e. The lowest BCUT2D eigenvalue weighted by atomic mass is 9.80. The second kappa shape index (κ2) is 3.94. The lowest BCUT2D eigenvalue weighted by Crippen LogP contribution is -2.46. The average molecular weight is 209 g/mol. The van der Waals surface area contributed by atoms with E-state index < -0.39 is 5.60 Å². The molecule has 0 bridgehead atoms. The molecule has 0 atom stereocenters. The molecule has 84 valence electrons. The largest absolute Gasteiger partial charge is 0.389 e. The second-order valence-corrected chi connectivity index (χ2v) is 4.59.